The highest BCUT2D eigenvalue weighted by Crippen LogP contribution is 2.26. The molecule has 2 rings (SSSR count). The fourth-order valence-electron chi connectivity index (χ4n) is 2.35. The van der Waals surface area contributed by atoms with Crippen LogP contribution in [0.1, 0.15) is 12.0 Å². The number of hydrogen-bond donors (Lipinski definition) is 1. The number of halogens is 1. The van der Waals surface area contributed by atoms with Crippen molar-refractivity contribution in [2.45, 2.75) is 19.4 Å². The van der Waals surface area contributed by atoms with E-state index in [1.807, 2.05) is 7.05 Å². The zero-order chi connectivity index (χ0) is 13.0. The topological polar surface area (TPSA) is 24.5 Å². The van der Waals surface area contributed by atoms with E-state index in [0.29, 0.717) is 6.04 Å². The molecule has 0 spiro atoms. The molecule has 1 aliphatic heterocycles. The molecule has 1 fully saturated rings. The first kappa shape index (κ1) is 13.8. The average Bonchev–Trinajstić information content (AvgIpc) is 2.40. The van der Waals surface area contributed by atoms with Gasteiger partial charge in [-0.25, -0.2) is 0 Å². The summed E-state index contributed by atoms with van der Waals surface area (Å²) in [6, 6.07) is 7.05. The highest BCUT2D eigenvalue weighted by molar-refractivity contribution is 9.10. The lowest BCUT2D eigenvalue weighted by atomic mass is 10.1. The predicted octanol–water partition coefficient (Wildman–Crippen LogP) is 2.57. The molecule has 1 aromatic rings. The van der Waals surface area contributed by atoms with E-state index < -0.39 is 0 Å². The SMILES string of the molecule is CNCCC1COCCN1c1ccc(Br)c(C)c1. The Morgan fingerprint density at radius 3 is 3.06 bits per heavy atom. The van der Waals surface area contributed by atoms with Crippen LogP contribution >= 0.6 is 15.9 Å². The molecule has 0 aliphatic carbocycles. The maximum absolute atomic E-state index is 5.61. The summed E-state index contributed by atoms with van der Waals surface area (Å²) in [5.74, 6) is 0. The van der Waals surface area contributed by atoms with Gasteiger partial charge in [0.2, 0.25) is 0 Å². The predicted molar refractivity (Wildman–Crippen MR) is 79.4 cm³/mol. The Balaban J connectivity index is 2.14. The second-order valence-electron chi connectivity index (χ2n) is 4.75. The number of ether oxygens (including phenoxy) is 1. The maximum Gasteiger partial charge on any atom is 0.0671 e. The summed E-state index contributed by atoms with van der Waals surface area (Å²) in [7, 11) is 2.00. The van der Waals surface area contributed by atoms with Crippen LogP contribution in [0.2, 0.25) is 0 Å². The number of nitrogens with zero attached hydrogens (tertiary/aromatic N) is 1. The van der Waals surface area contributed by atoms with Crippen LogP contribution in [-0.2, 0) is 4.74 Å². The van der Waals surface area contributed by atoms with Crippen molar-refractivity contribution >= 4 is 21.6 Å². The van der Waals surface area contributed by atoms with Crippen molar-refractivity contribution in [3.05, 3.63) is 28.2 Å². The van der Waals surface area contributed by atoms with Gasteiger partial charge in [-0.1, -0.05) is 15.9 Å². The number of hydrogen-bond acceptors (Lipinski definition) is 3. The Hall–Kier alpha value is -0.580. The van der Waals surface area contributed by atoms with E-state index in [-0.39, 0.29) is 0 Å². The fourth-order valence-corrected chi connectivity index (χ4v) is 2.60. The molecule has 4 heteroatoms. The lowest BCUT2D eigenvalue weighted by molar-refractivity contribution is 0.0917. The zero-order valence-corrected chi connectivity index (χ0v) is 12.7. The molecule has 0 saturated carbocycles. The molecule has 1 heterocycles. The van der Waals surface area contributed by atoms with E-state index >= 15 is 0 Å². The van der Waals surface area contributed by atoms with Gasteiger partial charge in [0.05, 0.1) is 19.3 Å². The third-order valence-corrected chi connectivity index (χ3v) is 4.32. The van der Waals surface area contributed by atoms with Crippen molar-refractivity contribution in [1.29, 1.82) is 0 Å². The van der Waals surface area contributed by atoms with Gasteiger partial charge >= 0.3 is 0 Å². The van der Waals surface area contributed by atoms with E-state index in [1.165, 1.54) is 15.7 Å². The second-order valence-corrected chi connectivity index (χ2v) is 5.60. The van der Waals surface area contributed by atoms with Gasteiger partial charge in [-0.2, -0.15) is 0 Å². The number of rotatable bonds is 4. The monoisotopic (exact) mass is 312 g/mol. The molecule has 1 atom stereocenters. The van der Waals surface area contributed by atoms with E-state index in [9.17, 15) is 0 Å². The summed E-state index contributed by atoms with van der Waals surface area (Å²) < 4.78 is 6.78. The van der Waals surface area contributed by atoms with Crippen LogP contribution in [0.15, 0.2) is 22.7 Å². The van der Waals surface area contributed by atoms with Crippen molar-refractivity contribution in [2.75, 3.05) is 38.3 Å². The summed E-state index contributed by atoms with van der Waals surface area (Å²) in [5.41, 5.74) is 2.59. The van der Waals surface area contributed by atoms with Crippen LogP contribution in [-0.4, -0.2) is 39.4 Å². The van der Waals surface area contributed by atoms with Gasteiger partial charge in [-0.05, 0) is 50.7 Å². The first-order valence-corrected chi connectivity index (χ1v) is 7.27. The third-order valence-electron chi connectivity index (χ3n) is 3.43. The highest BCUT2D eigenvalue weighted by Gasteiger charge is 2.22. The summed E-state index contributed by atoms with van der Waals surface area (Å²) in [4.78, 5) is 2.47. The summed E-state index contributed by atoms with van der Waals surface area (Å²) in [5, 5.41) is 3.22. The smallest absolute Gasteiger partial charge is 0.0671 e. The van der Waals surface area contributed by atoms with Crippen molar-refractivity contribution < 1.29 is 4.74 Å². The third kappa shape index (κ3) is 3.25. The second kappa shape index (κ2) is 6.55. The molecule has 1 aliphatic rings. The first-order chi connectivity index (χ1) is 8.72. The van der Waals surface area contributed by atoms with Crippen LogP contribution in [0, 0.1) is 6.92 Å². The molecule has 0 radical (unpaired) electrons. The molecule has 0 amide bonds. The summed E-state index contributed by atoms with van der Waals surface area (Å²) in [6.45, 7) is 5.80. The number of morpholine rings is 1. The molecular formula is C14H21BrN2O. The molecule has 3 nitrogen and oxygen atoms in total. The van der Waals surface area contributed by atoms with E-state index in [0.717, 1.165) is 32.7 Å². The molecule has 1 aromatic carbocycles. The van der Waals surface area contributed by atoms with Gasteiger partial charge in [-0.15, -0.1) is 0 Å². The van der Waals surface area contributed by atoms with Gasteiger partial charge in [0.25, 0.3) is 0 Å². The van der Waals surface area contributed by atoms with Crippen LogP contribution in [0.4, 0.5) is 5.69 Å². The van der Waals surface area contributed by atoms with Gasteiger partial charge < -0.3 is 15.0 Å². The molecule has 1 N–H and O–H groups in total. The van der Waals surface area contributed by atoms with Gasteiger partial charge in [0, 0.05) is 16.7 Å². The standard InChI is InChI=1S/C14H21BrN2O/c1-11-9-12(3-4-14(11)15)17-7-8-18-10-13(17)5-6-16-2/h3-4,9,13,16H,5-8,10H2,1-2H3. The van der Waals surface area contributed by atoms with E-state index in [1.54, 1.807) is 0 Å². The van der Waals surface area contributed by atoms with Gasteiger partial charge in [0.1, 0.15) is 0 Å². The van der Waals surface area contributed by atoms with E-state index in [2.05, 4.69) is 51.3 Å². The lowest BCUT2D eigenvalue weighted by Crippen LogP contribution is -2.46. The fraction of sp³-hybridized carbons (Fsp3) is 0.571. The highest BCUT2D eigenvalue weighted by atomic mass is 79.9. The van der Waals surface area contributed by atoms with Gasteiger partial charge in [-0.3, -0.25) is 0 Å². The molecule has 100 valence electrons. The molecular weight excluding hydrogens is 292 g/mol. The summed E-state index contributed by atoms with van der Waals surface area (Å²) in [6.07, 6.45) is 1.12. The van der Waals surface area contributed by atoms with Gasteiger partial charge in [0.15, 0.2) is 0 Å². The number of anilines is 1. The zero-order valence-electron chi connectivity index (χ0n) is 11.1. The Morgan fingerprint density at radius 2 is 2.33 bits per heavy atom. The van der Waals surface area contributed by atoms with Crippen LogP contribution in [0.25, 0.3) is 0 Å². The quantitative estimate of drug-likeness (QED) is 0.925. The minimum Gasteiger partial charge on any atom is -0.377 e. The molecule has 1 unspecified atom stereocenters. The number of nitrogens with one attached hydrogen (secondary N) is 1. The largest absolute Gasteiger partial charge is 0.377 e. The number of aryl methyl sites for hydroxylation is 1. The number of benzene rings is 1. The first-order valence-electron chi connectivity index (χ1n) is 6.47. The van der Waals surface area contributed by atoms with Crippen molar-refractivity contribution in [1.82, 2.24) is 5.32 Å². The minimum atomic E-state index is 0.478. The lowest BCUT2D eigenvalue weighted by Gasteiger charge is -2.37. The molecule has 18 heavy (non-hydrogen) atoms. The molecule has 0 aromatic heterocycles. The maximum atomic E-state index is 5.61. The van der Waals surface area contributed by atoms with E-state index in [4.69, 9.17) is 4.74 Å². The Kier molecular flexibility index (Phi) is 5.03. The molecule has 1 saturated heterocycles. The Bertz CT molecular complexity index is 397. The molecule has 0 bridgehead atoms. The Labute approximate surface area is 118 Å². The van der Waals surface area contributed by atoms with Crippen LogP contribution in [0.3, 0.4) is 0 Å². The minimum absolute atomic E-state index is 0.478. The van der Waals surface area contributed by atoms with Crippen molar-refractivity contribution in [3.8, 4) is 0 Å². The average molecular weight is 313 g/mol. The van der Waals surface area contributed by atoms with Crippen LogP contribution in [0.5, 0.6) is 0 Å². The normalized spacial score (nSPS) is 20.2. The van der Waals surface area contributed by atoms with Crippen LogP contribution < -0.4 is 10.2 Å². The summed E-state index contributed by atoms with van der Waals surface area (Å²) >= 11 is 3.56. The Morgan fingerprint density at radius 1 is 1.50 bits per heavy atom. The van der Waals surface area contributed by atoms with Crippen molar-refractivity contribution in [2.24, 2.45) is 0 Å². The van der Waals surface area contributed by atoms with Crippen molar-refractivity contribution in [3.63, 3.8) is 0 Å².